The van der Waals surface area contributed by atoms with E-state index < -0.39 is 0 Å². The van der Waals surface area contributed by atoms with Gasteiger partial charge in [-0.25, -0.2) is 4.39 Å². The second-order valence-corrected chi connectivity index (χ2v) is 4.89. The molecule has 1 aromatic carbocycles. The highest BCUT2D eigenvalue weighted by molar-refractivity contribution is 5.22. The van der Waals surface area contributed by atoms with Gasteiger partial charge in [-0.3, -0.25) is 9.97 Å². The van der Waals surface area contributed by atoms with Crippen LogP contribution in [0.2, 0.25) is 0 Å². The van der Waals surface area contributed by atoms with E-state index in [1.54, 1.807) is 18.3 Å². The van der Waals surface area contributed by atoms with E-state index in [0.29, 0.717) is 12.5 Å². The number of hydrogen-bond donors (Lipinski definition) is 1. The third-order valence-electron chi connectivity index (χ3n) is 3.39. The van der Waals surface area contributed by atoms with Gasteiger partial charge in [0.2, 0.25) is 0 Å². The second kappa shape index (κ2) is 5.45. The smallest absolute Gasteiger partial charge is 0.123 e. The molecule has 1 atom stereocenters. The molecule has 1 N–H and O–H groups in total. The Balaban J connectivity index is 1.79. The minimum absolute atomic E-state index is 0.209. The molecule has 1 aliphatic heterocycles. The number of hydrogen-bond acceptors (Lipinski definition) is 3. The summed E-state index contributed by atoms with van der Waals surface area (Å²) < 4.78 is 13.1. The molecule has 1 unspecified atom stereocenters. The van der Waals surface area contributed by atoms with Gasteiger partial charge in [0.15, 0.2) is 0 Å². The highest BCUT2D eigenvalue weighted by atomic mass is 19.1. The molecule has 0 radical (unpaired) electrons. The van der Waals surface area contributed by atoms with Gasteiger partial charge in [0.1, 0.15) is 5.82 Å². The van der Waals surface area contributed by atoms with E-state index in [0.717, 1.165) is 29.9 Å². The van der Waals surface area contributed by atoms with Crippen LogP contribution in [0.3, 0.4) is 0 Å². The van der Waals surface area contributed by atoms with Crippen molar-refractivity contribution >= 4 is 0 Å². The average Bonchev–Trinajstić information content (AvgIpc) is 2.93. The molecule has 0 bridgehead atoms. The maximum Gasteiger partial charge on any atom is 0.123 e. The standard InChI is InChI=1S/C15H16FN3/c16-12-4-1-3-11(7-12)8-13-9-17-10-15(19-13)14-5-2-6-18-14/h1,3-4,7,9-10,14,18H,2,5-6,8H2. The van der Waals surface area contributed by atoms with Crippen molar-refractivity contribution in [3.63, 3.8) is 0 Å². The van der Waals surface area contributed by atoms with Crippen LogP contribution in [0, 0.1) is 5.82 Å². The van der Waals surface area contributed by atoms with Gasteiger partial charge in [0, 0.05) is 18.8 Å². The summed E-state index contributed by atoms with van der Waals surface area (Å²) in [5, 5.41) is 3.41. The first-order chi connectivity index (χ1) is 9.31. The van der Waals surface area contributed by atoms with Crippen LogP contribution in [0.4, 0.5) is 4.39 Å². The highest BCUT2D eigenvalue weighted by Crippen LogP contribution is 2.21. The summed E-state index contributed by atoms with van der Waals surface area (Å²) in [6.07, 6.45) is 6.48. The summed E-state index contributed by atoms with van der Waals surface area (Å²) in [6.45, 7) is 1.04. The topological polar surface area (TPSA) is 37.8 Å². The van der Waals surface area contributed by atoms with Crippen molar-refractivity contribution in [3.8, 4) is 0 Å². The minimum atomic E-state index is -0.209. The molecule has 1 saturated heterocycles. The molecule has 3 nitrogen and oxygen atoms in total. The Labute approximate surface area is 111 Å². The van der Waals surface area contributed by atoms with Gasteiger partial charge in [-0.2, -0.15) is 0 Å². The van der Waals surface area contributed by atoms with Gasteiger partial charge in [-0.15, -0.1) is 0 Å². The molecule has 3 rings (SSSR count). The van der Waals surface area contributed by atoms with E-state index in [1.165, 1.54) is 12.5 Å². The van der Waals surface area contributed by atoms with E-state index in [2.05, 4.69) is 15.3 Å². The lowest BCUT2D eigenvalue weighted by molar-refractivity contribution is 0.619. The number of aromatic nitrogens is 2. The first-order valence-corrected chi connectivity index (χ1v) is 6.60. The van der Waals surface area contributed by atoms with Crippen LogP contribution in [0.25, 0.3) is 0 Å². The lowest BCUT2D eigenvalue weighted by Crippen LogP contribution is -2.15. The third kappa shape index (κ3) is 2.96. The quantitative estimate of drug-likeness (QED) is 0.918. The van der Waals surface area contributed by atoms with E-state index >= 15 is 0 Å². The Morgan fingerprint density at radius 2 is 2.26 bits per heavy atom. The van der Waals surface area contributed by atoms with Crippen LogP contribution in [-0.4, -0.2) is 16.5 Å². The highest BCUT2D eigenvalue weighted by Gasteiger charge is 2.17. The van der Waals surface area contributed by atoms with Crippen molar-refractivity contribution in [3.05, 3.63) is 59.4 Å². The number of nitrogens with zero attached hydrogens (tertiary/aromatic N) is 2. The van der Waals surface area contributed by atoms with Crippen LogP contribution in [0.5, 0.6) is 0 Å². The molecule has 1 fully saturated rings. The Morgan fingerprint density at radius 1 is 1.32 bits per heavy atom. The fourth-order valence-corrected chi connectivity index (χ4v) is 2.47. The third-order valence-corrected chi connectivity index (χ3v) is 3.39. The van der Waals surface area contributed by atoms with Crippen LogP contribution in [-0.2, 0) is 6.42 Å². The van der Waals surface area contributed by atoms with Crippen molar-refractivity contribution in [2.75, 3.05) is 6.54 Å². The van der Waals surface area contributed by atoms with Gasteiger partial charge in [0.05, 0.1) is 17.4 Å². The molecule has 4 heteroatoms. The summed E-state index contributed by atoms with van der Waals surface area (Å²) >= 11 is 0. The molecule has 19 heavy (non-hydrogen) atoms. The Kier molecular flexibility index (Phi) is 3.51. The maximum absolute atomic E-state index is 13.1. The lowest BCUT2D eigenvalue weighted by Gasteiger charge is -2.10. The molecule has 0 saturated carbocycles. The number of halogens is 1. The lowest BCUT2D eigenvalue weighted by atomic mass is 10.1. The van der Waals surface area contributed by atoms with Crippen LogP contribution >= 0.6 is 0 Å². The average molecular weight is 257 g/mol. The molecule has 0 amide bonds. The largest absolute Gasteiger partial charge is 0.309 e. The first kappa shape index (κ1) is 12.2. The predicted octanol–water partition coefficient (Wildman–Crippen LogP) is 2.63. The number of benzene rings is 1. The summed E-state index contributed by atoms with van der Waals surface area (Å²) in [6, 6.07) is 6.95. The first-order valence-electron chi connectivity index (χ1n) is 6.60. The molecule has 98 valence electrons. The van der Waals surface area contributed by atoms with Crippen molar-refractivity contribution in [2.45, 2.75) is 25.3 Å². The molecule has 1 aliphatic rings. The van der Waals surface area contributed by atoms with Crippen molar-refractivity contribution < 1.29 is 4.39 Å². The summed E-state index contributed by atoms with van der Waals surface area (Å²) in [4.78, 5) is 8.88. The Hall–Kier alpha value is -1.81. The Morgan fingerprint density at radius 3 is 3.05 bits per heavy atom. The van der Waals surface area contributed by atoms with Crippen molar-refractivity contribution in [2.24, 2.45) is 0 Å². The zero-order valence-corrected chi connectivity index (χ0v) is 10.6. The number of nitrogens with one attached hydrogen (secondary N) is 1. The zero-order chi connectivity index (χ0) is 13.1. The fourth-order valence-electron chi connectivity index (χ4n) is 2.47. The summed E-state index contributed by atoms with van der Waals surface area (Å²) in [5.74, 6) is -0.209. The SMILES string of the molecule is Fc1cccc(Cc2cncc(C3CCCN3)n2)c1. The van der Waals surface area contributed by atoms with Gasteiger partial charge in [-0.1, -0.05) is 12.1 Å². The predicted molar refractivity (Wildman–Crippen MR) is 71.2 cm³/mol. The van der Waals surface area contributed by atoms with Crippen LogP contribution < -0.4 is 5.32 Å². The maximum atomic E-state index is 13.1. The van der Waals surface area contributed by atoms with E-state index in [4.69, 9.17) is 0 Å². The van der Waals surface area contributed by atoms with Gasteiger partial charge < -0.3 is 5.32 Å². The molecule has 2 aromatic rings. The molecule has 1 aromatic heterocycles. The van der Waals surface area contributed by atoms with Crippen LogP contribution in [0.15, 0.2) is 36.7 Å². The monoisotopic (exact) mass is 257 g/mol. The summed E-state index contributed by atoms with van der Waals surface area (Å²) in [5.41, 5.74) is 2.80. The zero-order valence-electron chi connectivity index (χ0n) is 10.6. The molecule has 2 heterocycles. The van der Waals surface area contributed by atoms with Crippen molar-refractivity contribution in [1.29, 1.82) is 0 Å². The van der Waals surface area contributed by atoms with E-state index in [9.17, 15) is 4.39 Å². The second-order valence-electron chi connectivity index (χ2n) is 4.89. The van der Waals surface area contributed by atoms with Gasteiger partial charge >= 0.3 is 0 Å². The van der Waals surface area contributed by atoms with Crippen LogP contribution in [0.1, 0.15) is 35.8 Å². The normalized spacial score (nSPS) is 18.7. The van der Waals surface area contributed by atoms with E-state index in [1.807, 2.05) is 12.3 Å². The van der Waals surface area contributed by atoms with E-state index in [-0.39, 0.29) is 5.82 Å². The molecular formula is C15H16FN3. The molecule has 0 aliphatic carbocycles. The fraction of sp³-hybridized carbons (Fsp3) is 0.333. The van der Waals surface area contributed by atoms with Gasteiger partial charge in [0.25, 0.3) is 0 Å². The number of rotatable bonds is 3. The minimum Gasteiger partial charge on any atom is -0.309 e. The summed E-state index contributed by atoms with van der Waals surface area (Å²) in [7, 11) is 0. The van der Waals surface area contributed by atoms with Crippen molar-refractivity contribution in [1.82, 2.24) is 15.3 Å². The Bertz CT molecular complexity index is 565. The molecule has 0 spiro atoms. The van der Waals surface area contributed by atoms with Gasteiger partial charge in [-0.05, 0) is 37.1 Å². The molecular weight excluding hydrogens is 241 g/mol.